The second-order valence-corrected chi connectivity index (χ2v) is 6.61. The van der Waals surface area contributed by atoms with Crippen LogP contribution < -0.4 is 4.90 Å². The SMILES string of the molecule is CC(C)CN(c1sc([C@H](C)O)cc1[N+](=O)[O-])C1CC1. The predicted molar refractivity (Wildman–Crippen MR) is 76.8 cm³/mol. The number of nitrogens with zero attached hydrogens (tertiary/aromatic N) is 2. The van der Waals surface area contributed by atoms with Gasteiger partial charge in [0.2, 0.25) is 0 Å². The van der Waals surface area contributed by atoms with Gasteiger partial charge in [0.05, 0.1) is 11.0 Å². The molecule has 1 aromatic rings. The summed E-state index contributed by atoms with van der Waals surface area (Å²) in [5.41, 5.74) is 0.133. The van der Waals surface area contributed by atoms with E-state index in [0.29, 0.717) is 21.8 Å². The van der Waals surface area contributed by atoms with Crippen LogP contribution in [-0.2, 0) is 0 Å². The Morgan fingerprint density at radius 2 is 2.16 bits per heavy atom. The lowest BCUT2D eigenvalue weighted by atomic mass is 10.2. The summed E-state index contributed by atoms with van der Waals surface area (Å²) in [6, 6.07) is 1.95. The van der Waals surface area contributed by atoms with Crippen LogP contribution in [0.5, 0.6) is 0 Å². The van der Waals surface area contributed by atoms with Crippen molar-refractivity contribution in [2.75, 3.05) is 11.4 Å². The first kappa shape index (κ1) is 14.3. The van der Waals surface area contributed by atoms with Gasteiger partial charge in [-0.05, 0) is 25.7 Å². The van der Waals surface area contributed by atoms with Crippen LogP contribution >= 0.6 is 11.3 Å². The molecule has 19 heavy (non-hydrogen) atoms. The van der Waals surface area contributed by atoms with Crippen LogP contribution in [0.4, 0.5) is 10.7 Å². The first-order chi connectivity index (χ1) is 8.90. The Bertz CT molecular complexity index is 466. The van der Waals surface area contributed by atoms with Crippen LogP contribution in [-0.4, -0.2) is 22.6 Å². The number of hydrogen-bond acceptors (Lipinski definition) is 5. The van der Waals surface area contributed by atoms with Crippen molar-refractivity contribution in [1.29, 1.82) is 0 Å². The van der Waals surface area contributed by atoms with E-state index >= 15 is 0 Å². The molecule has 1 fully saturated rings. The quantitative estimate of drug-likeness (QED) is 0.642. The van der Waals surface area contributed by atoms with Gasteiger partial charge in [0.15, 0.2) is 5.00 Å². The number of thiophene rings is 1. The zero-order valence-electron chi connectivity index (χ0n) is 11.5. The van der Waals surface area contributed by atoms with Crippen LogP contribution in [0.2, 0.25) is 0 Å². The van der Waals surface area contributed by atoms with Crippen molar-refractivity contribution in [2.24, 2.45) is 5.92 Å². The molecule has 0 radical (unpaired) electrons. The molecule has 0 aliphatic heterocycles. The van der Waals surface area contributed by atoms with Gasteiger partial charge in [-0.3, -0.25) is 10.1 Å². The molecule has 0 amide bonds. The first-order valence-electron chi connectivity index (χ1n) is 6.63. The second-order valence-electron chi connectivity index (χ2n) is 5.55. The molecule has 1 N–H and O–H groups in total. The molecular formula is C13H20N2O3S. The Morgan fingerprint density at radius 1 is 1.53 bits per heavy atom. The fraction of sp³-hybridized carbons (Fsp3) is 0.692. The highest BCUT2D eigenvalue weighted by molar-refractivity contribution is 7.16. The summed E-state index contributed by atoms with van der Waals surface area (Å²) in [6.07, 6.45) is 1.55. The van der Waals surface area contributed by atoms with E-state index in [-0.39, 0.29) is 10.6 Å². The van der Waals surface area contributed by atoms with E-state index in [9.17, 15) is 15.2 Å². The zero-order valence-corrected chi connectivity index (χ0v) is 12.3. The lowest BCUT2D eigenvalue weighted by molar-refractivity contribution is -0.383. The molecule has 1 saturated carbocycles. The molecular weight excluding hydrogens is 264 g/mol. The Balaban J connectivity index is 2.36. The molecule has 0 saturated heterocycles. The highest BCUT2D eigenvalue weighted by Gasteiger charge is 2.35. The number of rotatable bonds is 6. The van der Waals surface area contributed by atoms with E-state index < -0.39 is 6.10 Å². The van der Waals surface area contributed by atoms with E-state index in [1.54, 1.807) is 6.92 Å². The van der Waals surface area contributed by atoms with Gasteiger partial charge in [0.1, 0.15) is 0 Å². The highest BCUT2D eigenvalue weighted by atomic mass is 32.1. The minimum Gasteiger partial charge on any atom is -0.388 e. The van der Waals surface area contributed by atoms with Crippen molar-refractivity contribution in [3.05, 3.63) is 21.1 Å². The van der Waals surface area contributed by atoms with Crippen molar-refractivity contribution in [3.8, 4) is 0 Å². The zero-order chi connectivity index (χ0) is 14.2. The third kappa shape index (κ3) is 3.25. The molecule has 1 aliphatic carbocycles. The largest absolute Gasteiger partial charge is 0.388 e. The molecule has 106 valence electrons. The summed E-state index contributed by atoms with van der Waals surface area (Å²) in [6.45, 7) is 6.70. The first-order valence-corrected chi connectivity index (χ1v) is 7.44. The third-order valence-corrected chi connectivity index (χ3v) is 4.46. The van der Waals surface area contributed by atoms with Crippen molar-refractivity contribution < 1.29 is 10.0 Å². The van der Waals surface area contributed by atoms with Crippen molar-refractivity contribution in [3.63, 3.8) is 0 Å². The molecule has 6 heteroatoms. The van der Waals surface area contributed by atoms with E-state index in [0.717, 1.165) is 19.4 Å². The summed E-state index contributed by atoms with van der Waals surface area (Å²) >= 11 is 1.35. The van der Waals surface area contributed by atoms with Gasteiger partial charge in [-0.15, -0.1) is 11.3 Å². The average molecular weight is 284 g/mol. The monoisotopic (exact) mass is 284 g/mol. The van der Waals surface area contributed by atoms with E-state index in [4.69, 9.17) is 0 Å². The van der Waals surface area contributed by atoms with Crippen LogP contribution in [0.1, 0.15) is 44.6 Å². The summed E-state index contributed by atoms with van der Waals surface area (Å²) in [5.74, 6) is 0.456. The molecule has 1 heterocycles. The fourth-order valence-corrected chi connectivity index (χ4v) is 3.25. The lowest BCUT2D eigenvalue weighted by Gasteiger charge is -2.24. The summed E-state index contributed by atoms with van der Waals surface area (Å²) < 4.78 is 0. The molecule has 0 spiro atoms. The maximum Gasteiger partial charge on any atom is 0.304 e. The van der Waals surface area contributed by atoms with Crippen LogP contribution in [0, 0.1) is 16.0 Å². The Labute approximate surface area is 117 Å². The van der Waals surface area contributed by atoms with Gasteiger partial charge in [0, 0.05) is 23.5 Å². The molecule has 0 unspecified atom stereocenters. The van der Waals surface area contributed by atoms with E-state index in [1.807, 2.05) is 0 Å². The van der Waals surface area contributed by atoms with E-state index in [2.05, 4.69) is 18.7 Å². The highest BCUT2D eigenvalue weighted by Crippen LogP contribution is 2.44. The topological polar surface area (TPSA) is 66.6 Å². The van der Waals surface area contributed by atoms with Crippen molar-refractivity contribution >= 4 is 22.0 Å². The normalized spacial score (nSPS) is 16.7. The third-order valence-electron chi connectivity index (χ3n) is 3.13. The van der Waals surface area contributed by atoms with Gasteiger partial charge >= 0.3 is 5.69 Å². The average Bonchev–Trinajstić information content (AvgIpc) is 3.03. The Kier molecular flexibility index (Phi) is 4.10. The molecule has 1 aliphatic rings. The maximum atomic E-state index is 11.2. The number of nitro groups is 1. The standard InChI is InChI=1S/C13H20N2O3S/c1-8(2)7-14(10-4-5-10)13-11(15(17)18)6-12(19-13)9(3)16/h6,8-10,16H,4-5,7H2,1-3H3/t9-/m0/s1. The van der Waals surface area contributed by atoms with E-state index in [1.165, 1.54) is 17.4 Å². The molecule has 1 atom stereocenters. The van der Waals surface area contributed by atoms with Crippen LogP contribution in [0.15, 0.2) is 6.07 Å². The summed E-state index contributed by atoms with van der Waals surface area (Å²) in [4.78, 5) is 13.7. The fourth-order valence-electron chi connectivity index (χ4n) is 2.11. The number of hydrogen-bond donors (Lipinski definition) is 1. The minimum atomic E-state index is -0.655. The smallest absolute Gasteiger partial charge is 0.304 e. The number of aliphatic hydroxyl groups excluding tert-OH is 1. The van der Waals surface area contributed by atoms with Gasteiger partial charge in [-0.25, -0.2) is 0 Å². The van der Waals surface area contributed by atoms with Crippen LogP contribution in [0.25, 0.3) is 0 Å². The summed E-state index contributed by atoms with van der Waals surface area (Å²) in [7, 11) is 0. The maximum absolute atomic E-state index is 11.2. The molecule has 1 aromatic heterocycles. The predicted octanol–water partition coefficient (Wildman–Crippen LogP) is 3.33. The molecule has 0 aromatic carbocycles. The Hall–Kier alpha value is -1.14. The van der Waals surface area contributed by atoms with Gasteiger partial charge < -0.3 is 10.0 Å². The van der Waals surface area contributed by atoms with Crippen LogP contribution in [0.3, 0.4) is 0 Å². The molecule has 5 nitrogen and oxygen atoms in total. The van der Waals surface area contributed by atoms with Gasteiger partial charge in [-0.1, -0.05) is 13.8 Å². The Morgan fingerprint density at radius 3 is 2.58 bits per heavy atom. The number of anilines is 1. The molecule has 2 rings (SSSR count). The summed E-state index contributed by atoms with van der Waals surface area (Å²) in [5, 5.41) is 21.5. The van der Waals surface area contributed by atoms with Crippen molar-refractivity contribution in [1.82, 2.24) is 0 Å². The molecule has 0 bridgehead atoms. The van der Waals surface area contributed by atoms with Gasteiger partial charge in [-0.2, -0.15) is 0 Å². The van der Waals surface area contributed by atoms with Crippen molar-refractivity contribution in [2.45, 2.75) is 45.8 Å². The lowest BCUT2D eigenvalue weighted by Crippen LogP contribution is -2.29. The van der Waals surface area contributed by atoms with Gasteiger partial charge in [0.25, 0.3) is 0 Å². The number of aliphatic hydroxyl groups is 1. The second kappa shape index (κ2) is 5.46. The minimum absolute atomic E-state index is 0.133.